The number of hydrogen-bond acceptors (Lipinski definition) is 3. The molecule has 0 aromatic heterocycles. The first-order chi connectivity index (χ1) is 7.11. The van der Waals surface area contributed by atoms with Crippen molar-refractivity contribution >= 4 is 10.2 Å². The van der Waals surface area contributed by atoms with Crippen LogP contribution in [-0.4, -0.2) is 38.4 Å². The minimum atomic E-state index is -3.31. The molecule has 1 rings (SSSR count). The topological polar surface area (TPSA) is 75.4 Å². The molecule has 3 N–H and O–H groups in total. The van der Waals surface area contributed by atoms with Crippen LogP contribution < -0.4 is 10.5 Å². The molecule has 1 aliphatic carbocycles. The van der Waals surface area contributed by atoms with Crippen LogP contribution in [0.3, 0.4) is 0 Å². The second-order valence-electron chi connectivity index (χ2n) is 3.84. The summed E-state index contributed by atoms with van der Waals surface area (Å²) in [5, 5.41) is 0. The lowest BCUT2D eigenvalue weighted by atomic mass is 10.2. The van der Waals surface area contributed by atoms with Crippen molar-refractivity contribution in [1.82, 2.24) is 9.03 Å². The van der Waals surface area contributed by atoms with Gasteiger partial charge in [-0.25, -0.2) is 4.72 Å². The van der Waals surface area contributed by atoms with Gasteiger partial charge in [0.25, 0.3) is 10.2 Å². The van der Waals surface area contributed by atoms with E-state index < -0.39 is 10.2 Å². The van der Waals surface area contributed by atoms with E-state index in [1.165, 1.54) is 4.31 Å². The summed E-state index contributed by atoms with van der Waals surface area (Å²) in [6, 6.07) is 0.151. The van der Waals surface area contributed by atoms with E-state index in [0.29, 0.717) is 19.6 Å². The van der Waals surface area contributed by atoms with Crippen molar-refractivity contribution in [3.63, 3.8) is 0 Å². The highest BCUT2D eigenvalue weighted by atomic mass is 32.2. The maximum Gasteiger partial charge on any atom is 0.279 e. The molecule has 0 spiro atoms. The van der Waals surface area contributed by atoms with E-state index >= 15 is 0 Å². The Hall–Kier alpha value is -0.170. The SMILES string of the molecule is CCNS(=O)(=O)N(CCN)C1CCCC1. The highest BCUT2D eigenvalue weighted by Crippen LogP contribution is 2.24. The Morgan fingerprint density at radius 2 is 2.00 bits per heavy atom. The van der Waals surface area contributed by atoms with Gasteiger partial charge in [-0.2, -0.15) is 12.7 Å². The fourth-order valence-electron chi connectivity index (χ4n) is 2.08. The summed E-state index contributed by atoms with van der Waals surface area (Å²) in [5.41, 5.74) is 5.46. The minimum absolute atomic E-state index is 0.151. The molecule has 5 nitrogen and oxygen atoms in total. The molecule has 0 aromatic rings. The van der Waals surface area contributed by atoms with Crippen molar-refractivity contribution in [2.24, 2.45) is 5.73 Å². The summed E-state index contributed by atoms with van der Waals surface area (Å²) >= 11 is 0. The van der Waals surface area contributed by atoms with Gasteiger partial charge in [-0.1, -0.05) is 19.8 Å². The second kappa shape index (κ2) is 5.79. The van der Waals surface area contributed by atoms with Crippen molar-refractivity contribution in [3.8, 4) is 0 Å². The van der Waals surface area contributed by atoms with Gasteiger partial charge in [0, 0.05) is 25.7 Å². The van der Waals surface area contributed by atoms with Gasteiger partial charge in [0.2, 0.25) is 0 Å². The summed E-state index contributed by atoms with van der Waals surface area (Å²) in [6.45, 7) is 3.00. The van der Waals surface area contributed by atoms with Crippen LogP contribution in [0.25, 0.3) is 0 Å². The first-order valence-corrected chi connectivity index (χ1v) is 7.02. The van der Waals surface area contributed by atoms with E-state index in [2.05, 4.69) is 4.72 Å². The standard InChI is InChI=1S/C9H21N3O2S/c1-2-11-15(13,14)12(8-7-10)9-5-3-4-6-9/h9,11H,2-8,10H2,1H3. The Bertz CT molecular complexity index is 273. The molecule has 0 heterocycles. The smallest absolute Gasteiger partial charge is 0.279 e. The minimum Gasteiger partial charge on any atom is -0.329 e. The van der Waals surface area contributed by atoms with E-state index in [9.17, 15) is 8.42 Å². The van der Waals surface area contributed by atoms with Gasteiger partial charge in [0.05, 0.1) is 0 Å². The molecular weight excluding hydrogens is 214 g/mol. The molecule has 1 saturated carbocycles. The fourth-order valence-corrected chi connectivity index (χ4v) is 3.56. The van der Waals surface area contributed by atoms with Crippen molar-refractivity contribution < 1.29 is 8.42 Å². The average molecular weight is 235 g/mol. The summed E-state index contributed by atoms with van der Waals surface area (Å²) in [7, 11) is -3.31. The van der Waals surface area contributed by atoms with Crippen LogP contribution in [0.2, 0.25) is 0 Å². The van der Waals surface area contributed by atoms with Gasteiger partial charge in [-0.05, 0) is 12.8 Å². The summed E-state index contributed by atoms with van der Waals surface area (Å²) in [4.78, 5) is 0. The first kappa shape index (κ1) is 12.9. The molecule has 1 aliphatic rings. The van der Waals surface area contributed by atoms with Crippen LogP contribution in [0.15, 0.2) is 0 Å². The Labute approximate surface area is 92.2 Å². The predicted octanol–water partition coefficient (Wildman–Crippen LogP) is 0.0440. The molecule has 1 fully saturated rings. The zero-order valence-electron chi connectivity index (χ0n) is 9.28. The highest BCUT2D eigenvalue weighted by Gasteiger charge is 2.30. The van der Waals surface area contributed by atoms with Gasteiger partial charge in [-0.3, -0.25) is 0 Å². The maximum absolute atomic E-state index is 11.9. The summed E-state index contributed by atoms with van der Waals surface area (Å²) in [6.07, 6.45) is 4.16. The van der Waals surface area contributed by atoms with Crippen LogP contribution in [0, 0.1) is 0 Å². The van der Waals surface area contributed by atoms with Crippen LogP contribution in [0.4, 0.5) is 0 Å². The Morgan fingerprint density at radius 1 is 1.40 bits per heavy atom. The van der Waals surface area contributed by atoms with Crippen molar-refractivity contribution in [3.05, 3.63) is 0 Å². The third kappa shape index (κ3) is 3.41. The zero-order valence-corrected chi connectivity index (χ0v) is 10.1. The monoisotopic (exact) mass is 235 g/mol. The molecule has 0 saturated heterocycles. The lowest BCUT2D eigenvalue weighted by molar-refractivity contribution is 0.324. The van der Waals surface area contributed by atoms with Crippen LogP contribution in [-0.2, 0) is 10.2 Å². The first-order valence-electron chi connectivity index (χ1n) is 5.58. The molecule has 90 valence electrons. The van der Waals surface area contributed by atoms with E-state index in [1.54, 1.807) is 6.92 Å². The van der Waals surface area contributed by atoms with Crippen molar-refractivity contribution in [1.29, 1.82) is 0 Å². The summed E-state index contributed by atoms with van der Waals surface area (Å²) < 4.78 is 27.8. The fraction of sp³-hybridized carbons (Fsp3) is 1.00. The number of nitrogens with one attached hydrogen (secondary N) is 1. The van der Waals surface area contributed by atoms with Gasteiger partial charge in [0.15, 0.2) is 0 Å². The largest absolute Gasteiger partial charge is 0.329 e. The normalized spacial score (nSPS) is 18.9. The molecule has 0 unspecified atom stereocenters. The Balaban J connectivity index is 2.71. The highest BCUT2D eigenvalue weighted by molar-refractivity contribution is 7.87. The molecular formula is C9H21N3O2S. The molecule has 15 heavy (non-hydrogen) atoms. The quantitative estimate of drug-likeness (QED) is 0.683. The number of rotatable bonds is 6. The molecule has 0 amide bonds. The molecule has 0 atom stereocenters. The molecule has 0 radical (unpaired) electrons. The predicted molar refractivity (Wildman–Crippen MR) is 60.6 cm³/mol. The number of nitrogens with two attached hydrogens (primary N) is 1. The van der Waals surface area contributed by atoms with E-state index in [-0.39, 0.29) is 6.04 Å². The maximum atomic E-state index is 11.9. The van der Waals surface area contributed by atoms with E-state index in [1.807, 2.05) is 0 Å². The van der Waals surface area contributed by atoms with E-state index in [4.69, 9.17) is 5.73 Å². The van der Waals surface area contributed by atoms with Gasteiger partial charge < -0.3 is 5.73 Å². The number of nitrogens with zero attached hydrogens (tertiary/aromatic N) is 1. The molecule has 0 aliphatic heterocycles. The number of hydrogen-bond donors (Lipinski definition) is 2. The third-order valence-electron chi connectivity index (χ3n) is 2.72. The Kier molecular flexibility index (Phi) is 4.98. The average Bonchev–Trinajstić information content (AvgIpc) is 2.66. The van der Waals surface area contributed by atoms with E-state index in [0.717, 1.165) is 25.7 Å². The summed E-state index contributed by atoms with van der Waals surface area (Å²) in [5.74, 6) is 0. The van der Waals surface area contributed by atoms with Gasteiger partial charge in [0.1, 0.15) is 0 Å². The zero-order chi connectivity index (χ0) is 11.3. The van der Waals surface area contributed by atoms with Crippen LogP contribution in [0.5, 0.6) is 0 Å². The molecule has 6 heteroatoms. The van der Waals surface area contributed by atoms with Crippen molar-refractivity contribution in [2.75, 3.05) is 19.6 Å². The lowest BCUT2D eigenvalue weighted by Gasteiger charge is -2.27. The van der Waals surface area contributed by atoms with Gasteiger partial charge >= 0.3 is 0 Å². The third-order valence-corrected chi connectivity index (χ3v) is 4.47. The molecule has 0 aromatic carbocycles. The Morgan fingerprint density at radius 3 is 2.47 bits per heavy atom. The molecule has 0 bridgehead atoms. The van der Waals surface area contributed by atoms with Gasteiger partial charge in [-0.15, -0.1) is 0 Å². The van der Waals surface area contributed by atoms with Crippen LogP contribution in [0.1, 0.15) is 32.6 Å². The van der Waals surface area contributed by atoms with Crippen molar-refractivity contribution in [2.45, 2.75) is 38.6 Å². The second-order valence-corrected chi connectivity index (χ2v) is 5.55. The lowest BCUT2D eigenvalue weighted by Crippen LogP contribution is -2.47. The van der Waals surface area contributed by atoms with Crippen LogP contribution >= 0.6 is 0 Å².